The quantitative estimate of drug-likeness (QED) is 0.473. The van der Waals surface area contributed by atoms with Gasteiger partial charge in [0.2, 0.25) is 5.91 Å². The van der Waals surface area contributed by atoms with Crippen LogP contribution >= 0.6 is 22.9 Å². The number of thiophene rings is 1. The predicted octanol–water partition coefficient (Wildman–Crippen LogP) is 5.38. The van der Waals surface area contributed by atoms with Crippen LogP contribution in [0.25, 0.3) is 5.57 Å². The van der Waals surface area contributed by atoms with Gasteiger partial charge in [0.05, 0.1) is 10.9 Å². The molecule has 9 heteroatoms. The maximum absolute atomic E-state index is 13.5. The lowest BCUT2D eigenvalue weighted by atomic mass is 9.83. The molecule has 1 aromatic heterocycles. The summed E-state index contributed by atoms with van der Waals surface area (Å²) in [5.74, 6) is -0.630. The topological polar surface area (TPSA) is 58.7 Å². The van der Waals surface area contributed by atoms with Crippen LogP contribution in [-0.4, -0.2) is 36.3 Å². The summed E-state index contributed by atoms with van der Waals surface area (Å²) in [6, 6.07) is 8.56. The molecule has 0 unspecified atom stereocenters. The summed E-state index contributed by atoms with van der Waals surface area (Å²) in [7, 11) is 0. The summed E-state index contributed by atoms with van der Waals surface area (Å²) in [5, 5.41) is 0. The summed E-state index contributed by atoms with van der Waals surface area (Å²) < 4.78 is 41.1. The Balaban J connectivity index is 2.21. The van der Waals surface area contributed by atoms with Crippen molar-refractivity contribution in [3.8, 4) is 0 Å². The minimum absolute atomic E-state index is 0.194. The Labute approximate surface area is 187 Å². The van der Waals surface area contributed by atoms with Crippen LogP contribution in [0.2, 0.25) is 4.34 Å². The van der Waals surface area contributed by atoms with E-state index in [1.165, 1.54) is 23.6 Å². The summed E-state index contributed by atoms with van der Waals surface area (Å²) in [6.45, 7) is 6.24. The van der Waals surface area contributed by atoms with E-state index < -0.39 is 11.9 Å². The molecule has 0 spiro atoms. The van der Waals surface area contributed by atoms with Gasteiger partial charge >= 0.3 is 6.18 Å². The summed E-state index contributed by atoms with van der Waals surface area (Å²) >= 11 is 7.59. The molecule has 0 radical (unpaired) electrons. The highest BCUT2D eigenvalue weighted by molar-refractivity contribution is 7.16. The average molecular weight is 468 g/mol. The van der Waals surface area contributed by atoms with E-state index in [-0.39, 0.29) is 23.9 Å². The number of halogens is 4. The minimum Gasteiger partial charge on any atom is -0.394 e. The first kappa shape index (κ1) is 23.1. The smallest absolute Gasteiger partial charge is 0.394 e. The van der Waals surface area contributed by atoms with Crippen molar-refractivity contribution >= 4 is 40.6 Å². The van der Waals surface area contributed by atoms with E-state index in [2.05, 4.69) is 11.6 Å². The van der Waals surface area contributed by atoms with Gasteiger partial charge in [-0.05, 0) is 35.8 Å². The molecule has 164 valence electrons. The number of benzene rings is 1. The number of aliphatic imine (C=N–C) groups is 1. The molecular weight excluding hydrogens is 447 g/mol. The maximum Gasteiger partial charge on any atom is 0.431 e. The van der Waals surface area contributed by atoms with Gasteiger partial charge in [0, 0.05) is 35.7 Å². The van der Waals surface area contributed by atoms with Gasteiger partial charge in [0.1, 0.15) is 5.70 Å². The van der Waals surface area contributed by atoms with Crippen LogP contribution < -0.4 is 5.73 Å². The molecule has 0 fully saturated rings. The molecule has 0 saturated carbocycles. The highest BCUT2D eigenvalue weighted by atomic mass is 35.5. The van der Waals surface area contributed by atoms with Gasteiger partial charge in [0.25, 0.3) is 0 Å². The van der Waals surface area contributed by atoms with E-state index >= 15 is 0 Å². The van der Waals surface area contributed by atoms with Crippen LogP contribution in [0, 0.1) is 0 Å². The maximum atomic E-state index is 13.5. The second kappa shape index (κ2) is 9.28. The Morgan fingerprint density at radius 1 is 1.39 bits per heavy atom. The van der Waals surface area contributed by atoms with Crippen molar-refractivity contribution in [1.82, 2.24) is 4.90 Å². The van der Waals surface area contributed by atoms with Gasteiger partial charge < -0.3 is 10.6 Å². The normalized spacial score (nSPS) is 17.5. The first-order chi connectivity index (χ1) is 14.7. The predicted molar refractivity (Wildman–Crippen MR) is 119 cm³/mol. The first-order valence-electron chi connectivity index (χ1n) is 9.52. The highest BCUT2D eigenvalue weighted by Crippen LogP contribution is 2.42. The Kier molecular flexibility index (Phi) is 6.91. The number of carbonyl (C=O) groups excluding carboxylic acids is 1. The highest BCUT2D eigenvalue weighted by Gasteiger charge is 2.36. The van der Waals surface area contributed by atoms with Gasteiger partial charge in [-0.2, -0.15) is 13.2 Å². The van der Waals surface area contributed by atoms with E-state index in [9.17, 15) is 18.0 Å². The van der Waals surface area contributed by atoms with E-state index in [4.69, 9.17) is 17.3 Å². The largest absolute Gasteiger partial charge is 0.431 e. The monoisotopic (exact) mass is 467 g/mol. The standard InChI is InChI=1S/C22H21ClF3N3OS/c1-3-20(30)29-11-17(15-9-19(23)31-18(15)12-29)14-8-6-5-7-13(14)16(10-28-4-2)21(27)22(24,25)26/h3,5-10,17H,1,4,11-12,27H2,2H3/t17-/m0/s1. The molecule has 0 saturated heterocycles. The number of alkyl halides is 3. The van der Waals surface area contributed by atoms with Crippen molar-refractivity contribution in [2.24, 2.45) is 10.7 Å². The molecule has 1 aliphatic rings. The number of carbonyl (C=O) groups is 1. The number of nitrogens with zero attached hydrogens (tertiary/aromatic N) is 2. The Morgan fingerprint density at radius 3 is 2.74 bits per heavy atom. The molecule has 1 aliphatic heterocycles. The lowest BCUT2D eigenvalue weighted by Gasteiger charge is -2.33. The van der Waals surface area contributed by atoms with Gasteiger partial charge in [0.15, 0.2) is 0 Å². The molecular formula is C22H21ClF3N3OS. The number of nitrogens with two attached hydrogens (primary N) is 1. The first-order valence-corrected chi connectivity index (χ1v) is 10.7. The summed E-state index contributed by atoms with van der Waals surface area (Å²) in [4.78, 5) is 18.9. The third-order valence-electron chi connectivity index (χ3n) is 5.04. The number of rotatable bonds is 5. The van der Waals surface area contributed by atoms with Crippen LogP contribution in [0.4, 0.5) is 13.2 Å². The third kappa shape index (κ3) is 4.85. The number of fused-ring (bicyclic) bond motifs is 1. The Hall–Kier alpha value is -2.58. The molecule has 0 bridgehead atoms. The number of amides is 1. The molecule has 4 nitrogen and oxygen atoms in total. The lowest BCUT2D eigenvalue weighted by Crippen LogP contribution is -2.37. The van der Waals surface area contributed by atoms with E-state index in [0.717, 1.165) is 10.4 Å². The fourth-order valence-electron chi connectivity index (χ4n) is 3.61. The van der Waals surface area contributed by atoms with Crippen molar-refractivity contribution in [3.05, 3.63) is 74.6 Å². The van der Waals surface area contributed by atoms with Gasteiger partial charge in [-0.3, -0.25) is 9.79 Å². The Morgan fingerprint density at radius 2 is 2.10 bits per heavy atom. The van der Waals surface area contributed by atoms with E-state index in [1.807, 2.05) is 6.07 Å². The van der Waals surface area contributed by atoms with Crippen LogP contribution in [0.15, 0.2) is 53.7 Å². The van der Waals surface area contributed by atoms with Crippen molar-refractivity contribution in [1.29, 1.82) is 0 Å². The Bertz CT molecular complexity index is 1060. The summed E-state index contributed by atoms with van der Waals surface area (Å²) in [6.07, 6.45) is -2.32. The van der Waals surface area contributed by atoms with Crippen LogP contribution in [0.3, 0.4) is 0 Å². The van der Waals surface area contributed by atoms with Crippen LogP contribution in [0.1, 0.15) is 34.4 Å². The molecule has 1 aromatic carbocycles. The zero-order chi connectivity index (χ0) is 22.8. The van der Waals surface area contributed by atoms with E-state index in [0.29, 0.717) is 28.6 Å². The lowest BCUT2D eigenvalue weighted by molar-refractivity contribution is -0.127. The van der Waals surface area contributed by atoms with Crippen molar-refractivity contribution in [2.45, 2.75) is 25.6 Å². The second-order valence-corrected chi connectivity index (χ2v) is 8.71. The molecule has 3 rings (SSSR count). The molecule has 2 N–H and O–H groups in total. The average Bonchev–Trinajstić information content (AvgIpc) is 3.12. The fraction of sp³-hybridized carbons (Fsp3) is 0.273. The molecule has 31 heavy (non-hydrogen) atoms. The van der Waals surface area contributed by atoms with Crippen LogP contribution in [0.5, 0.6) is 0 Å². The second-order valence-electron chi connectivity index (χ2n) is 6.94. The molecule has 1 amide bonds. The molecule has 2 aromatic rings. The molecule has 2 heterocycles. The van der Waals surface area contributed by atoms with Gasteiger partial charge in [-0.1, -0.05) is 42.4 Å². The number of allylic oxidation sites excluding steroid dienone is 2. The number of hydrogen-bond donors (Lipinski definition) is 1. The number of hydrogen-bond acceptors (Lipinski definition) is 4. The molecule has 0 aliphatic carbocycles. The molecule has 1 atom stereocenters. The zero-order valence-corrected chi connectivity index (χ0v) is 18.3. The van der Waals surface area contributed by atoms with Crippen LogP contribution in [-0.2, 0) is 11.3 Å². The van der Waals surface area contributed by atoms with Crippen molar-refractivity contribution < 1.29 is 18.0 Å². The SMILES string of the molecule is C=CC(=O)N1Cc2sc(Cl)cc2[C@H](c2ccccc2C(C=NCC)=C(N)C(F)(F)F)C1. The third-order valence-corrected chi connectivity index (χ3v) is 6.30. The summed E-state index contributed by atoms with van der Waals surface area (Å²) in [5.41, 5.74) is 5.95. The minimum atomic E-state index is -4.71. The van der Waals surface area contributed by atoms with Crippen molar-refractivity contribution in [3.63, 3.8) is 0 Å². The zero-order valence-electron chi connectivity index (χ0n) is 16.7. The fourth-order valence-corrected chi connectivity index (χ4v) is 4.97. The van der Waals surface area contributed by atoms with Gasteiger partial charge in [-0.25, -0.2) is 0 Å². The van der Waals surface area contributed by atoms with Crippen molar-refractivity contribution in [2.75, 3.05) is 13.1 Å². The van der Waals surface area contributed by atoms with E-state index in [1.54, 1.807) is 36.1 Å². The van der Waals surface area contributed by atoms with Gasteiger partial charge in [-0.15, -0.1) is 11.3 Å².